The molecule has 0 rings (SSSR count). The second-order valence-corrected chi connectivity index (χ2v) is 1.62. The van der Waals surface area contributed by atoms with Gasteiger partial charge in [-0.25, -0.2) is 0 Å². The molecule has 0 aliphatic heterocycles. The molecule has 0 nitrogen and oxygen atoms in total. The van der Waals surface area contributed by atoms with Gasteiger partial charge in [-0.3, -0.25) is 0 Å². The molecule has 0 N–H and O–H groups in total. The van der Waals surface area contributed by atoms with Crippen LogP contribution in [0.1, 0.15) is 13.3 Å². The third-order valence-electron chi connectivity index (χ3n) is 0.204. The molecule has 0 aromatic carbocycles. The van der Waals surface area contributed by atoms with Gasteiger partial charge in [-0.15, -0.1) is 0 Å². The van der Waals surface area contributed by atoms with E-state index in [0.717, 1.165) is 0 Å². The molecule has 0 bridgehead atoms. The third-order valence-corrected chi connectivity index (χ3v) is 1.21. The molecule has 0 aliphatic carbocycles. The predicted octanol–water partition coefficient (Wildman–Crippen LogP) is 0.745. The van der Waals surface area contributed by atoms with Crippen molar-refractivity contribution < 1.29 is 24.2 Å². The Hall–Kier alpha value is 0.753. The summed E-state index contributed by atoms with van der Waals surface area (Å²) in [4.78, 5) is 0. The molecule has 0 aromatic heterocycles. The summed E-state index contributed by atoms with van der Waals surface area (Å²) in [6.07, 6.45) is 1.23. The van der Waals surface area contributed by atoms with Gasteiger partial charge in [-0.2, -0.15) is 0 Å². The Morgan fingerprint density at radius 1 is 2.00 bits per heavy atom. The van der Waals surface area contributed by atoms with Crippen LogP contribution in [0.25, 0.3) is 0 Å². The first-order valence-electron chi connectivity index (χ1n) is 1.40. The van der Waals surface area contributed by atoms with Gasteiger partial charge in [0.2, 0.25) is 0 Å². The van der Waals surface area contributed by atoms with Crippen LogP contribution >= 0.6 is 0 Å². The van der Waals surface area contributed by atoms with E-state index in [1.807, 2.05) is 0 Å². The molecule has 0 atom stereocenters. The van der Waals surface area contributed by atoms with Gasteiger partial charge in [0, 0.05) is 0 Å². The van der Waals surface area contributed by atoms with Crippen molar-refractivity contribution in [3.8, 4) is 0 Å². The monoisotopic (exact) mass is 132 g/mol. The van der Waals surface area contributed by atoms with E-state index >= 15 is 0 Å². The van der Waals surface area contributed by atoms with Crippen LogP contribution in [-0.4, -0.2) is 3.71 Å². The molecule has 0 unspecified atom stereocenters. The van der Waals surface area contributed by atoms with Gasteiger partial charge < -0.3 is 0 Å². The second kappa shape index (κ2) is 3.75. The zero-order valence-corrected chi connectivity index (χ0v) is 5.24. The van der Waals surface area contributed by atoms with Crippen LogP contribution in [0.5, 0.6) is 0 Å². The van der Waals surface area contributed by atoms with Crippen molar-refractivity contribution in [1.82, 2.24) is 0 Å². The van der Waals surface area contributed by atoms with E-state index in [1.165, 1.54) is 6.42 Å². The molecule has 0 saturated carbocycles. The Labute approximate surface area is 41.5 Å². The first-order chi connectivity index (χ1) is 1.91. The fourth-order valence-electron chi connectivity index (χ4n) is 0. The first-order valence-corrected chi connectivity index (χ1v) is 2.82. The van der Waals surface area contributed by atoms with E-state index in [-0.39, 0.29) is 0 Å². The molecule has 0 aliphatic rings. The Balaban J connectivity index is 2.30. The van der Waals surface area contributed by atoms with Gasteiger partial charge in [0.25, 0.3) is 0 Å². The Morgan fingerprint density at radius 3 is 2.25 bits per heavy atom. The number of hydrogen-bond donors (Lipinski definition) is 0. The molecule has 0 radical (unpaired) electrons. The molecule has 0 amide bonds. The molecule has 0 heterocycles. The molecule has 0 fully saturated rings. The minimum absolute atomic E-state index is 1.23. The predicted molar refractivity (Wildman–Crippen MR) is 16.4 cm³/mol. The van der Waals surface area contributed by atoms with Crippen molar-refractivity contribution >= 4 is 3.71 Å². The van der Waals surface area contributed by atoms with Crippen LogP contribution in [0.3, 0.4) is 0 Å². The normalized spacial score (nSPS) is 6.00. The van der Waals surface area contributed by atoms with Crippen molar-refractivity contribution in [3.63, 3.8) is 0 Å². The van der Waals surface area contributed by atoms with Crippen molar-refractivity contribution in [2.75, 3.05) is 0 Å². The molecule has 22 valence electrons. The SMILES string of the molecule is CC[CH]=[Zr]. The van der Waals surface area contributed by atoms with Crippen LogP contribution in [0.2, 0.25) is 0 Å². The Morgan fingerprint density at radius 2 is 2.25 bits per heavy atom. The van der Waals surface area contributed by atoms with Crippen LogP contribution < -0.4 is 0 Å². The molecule has 0 saturated heterocycles. The number of rotatable bonds is 1. The molecule has 1 heteroatoms. The standard InChI is InChI=1S/C3H6.Zr/c1-3-2;/h1H,3H2,2H3;. The van der Waals surface area contributed by atoms with E-state index in [2.05, 4.69) is 10.6 Å². The fourth-order valence-corrected chi connectivity index (χ4v) is 0. The summed E-state index contributed by atoms with van der Waals surface area (Å²) in [5, 5.41) is 0. The van der Waals surface area contributed by atoms with Gasteiger partial charge >= 0.3 is 41.3 Å². The van der Waals surface area contributed by atoms with Crippen molar-refractivity contribution in [2.24, 2.45) is 0 Å². The third kappa shape index (κ3) is 2.75. The van der Waals surface area contributed by atoms with E-state index in [4.69, 9.17) is 0 Å². The Kier molecular flexibility index (Phi) is 4.46. The average molecular weight is 133 g/mol. The maximum absolute atomic E-state index is 2.22. The second-order valence-electron chi connectivity index (χ2n) is 0.612. The van der Waals surface area contributed by atoms with Crippen molar-refractivity contribution in [1.29, 1.82) is 0 Å². The molecular formula is C3H6Zr. The maximum atomic E-state index is 2.22. The van der Waals surface area contributed by atoms with Gasteiger partial charge in [0.1, 0.15) is 0 Å². The van der Waals surface area contributed by atoms with Gasteiger partial charge in [-0.05, 0) is 0 Å². The summed E-state index contributed by atoms with van der Waals surface area (Å²) in [6.45, 7) is 2.15. The quantitative estimate of drug-likeness (QED) is 0.495. The van der Waals surface area contributed by atoms with Gasteiger partial charge in [0.05, 0.1) is 0 Å². The zero-order chi connectivity index (χ0) is 3.41. The summed E-state index contributed by atoms with van der Waals surface area (Å²) >= 11 is 1.54. The van der Waals surface area contributed by atoms with Crippen LogP contribution in [-0.2, 0) is 24.2 Å². The molecule has 0 spiro atoms. The van der Waals surface area contributed by atoms with Crippen LogP contribution in [0.15, 0.2) is 0 Å². The average Bonchev–Trinajstić information content (AvgIpc) is 1.37. The zero-order valence-electron chi connectivity index (χ0n) is 2.78. The van der Waals surface area contributed by atoms with E-state index < -0.39 is 0 Å². The van der Waals surface area contributed by atoms with Crippen molar-refractivity contribution in [3.05, 3.63) is 0 Å². The van der Waals surface area contributed by atoms with Crippen LogP contribution in [0.4, 0.5) is 0 Å². The van der Waals surface area contributed by atoms with Crippen molar-refractivity contribution in [2.45, 2.75) is 13.3 Å². The minimum atomic E-state index is 1.23. The molecular weight excluding hydrogens is 127 g/mol. The van der Waals surface area contributed by atoms with Gasteiger partial charge in [-0.1, -0.05) is 0 Å². The van der Waals surface area contributed by atoms with E-state index in [1.54, 1.807) is 24.2 Å². The summed E-state index contributed by atoms with van der Waals surface area (Å²) in [7, 11) is 0. The molecule has 4 heavy (non-hydrogen) atoms. The fraction of sp³-hybridized carbons (Fsp3) is 0.667. The summed E-state index contributed by atoms with van der Waals surface area (Å²) < 4.78 is 2.22. The summed E-state index contributed by atoms with van der Waals surface area (Å²) in [5.74, 6) is 0. The Bertz CT molecular complexity index is 17.2. The number of hydrogen-bond acceptors (Lipinski definition) is 0. The summed E-state index contributed by atoms with van der Waals surface area (Å²) in [5.41, 5.74) is 0. The summed E-state index contributed by atoms with van der Waals surface area (Å²) in [6, 6.07) is 0. The van der Waals surface area contributed by atoms with Crippen LogP contribution in [0, 0.1) is 0 Å². The van der Waals surface area contributed by atoms with E-state index in [9.17, 15) is 0 Å². The first kappa shape index (κ1) is 4.75. The van der Waals surface area contributed by atoms with E-state index in [0.29, 0.717) is 0 Å². The molecule has 0 aromatic rings. The topological polar surface area (TPSA) is 0 Å². The van der Waals surface area contributed by atoms with Gasteiger partial charge in [0.15, 0.2) is 0 Å².